The molecule has 0 fully saturated rings. The van der Waals surface area contributed by atoms with Gasteiger partial charge in [0.15, 0.2) is 11.0 Å². The Bertz CT molecular complexity index is 1090. The maximum atomic E-state index is 13.9. The second kappa shape index (κ2) is 10.4. The Kier molecular flexibility index (Phi) is 7.64. The zero-order valence-electron chi connectivity index (χ0n) is 16.9. The highest BCUT2D eigenvalue weighted by atomic mass is 35.5. The number of carbonyl (C=O) groups excluding carboxylic acids is 2. The number of benzene rings is 2. The van der Waals surface area contributed by atoms with Gasteiger partial charge in [0.25, 0.3) is 5.91 Å². The Hall–Kier alpha value is -2.91. The zero-order chi connectivity index (χ0) is 22.4. The number of thioether (sulfide) groups is 1. The van der Waals surface area contributed by atoms with E-state index in [1.54, 1.807) is 37.3 Å². The van der Waals surface area contributed by atoms with Crippen molar-refractivity contribution in [1.82, 2.24) is 20.1 Å². The van der Waals surface area contributed by atoms with Gasteiger partial charge in [-0.25, -0.2) is 4.39 Å². The maximum Gasteiger partial charge on any atom is 0.254 e. The highest BCUT2D eigenvalue weighted by Gasteiger charge is 2.21. The average molecular weight is 462 g/mol. The van der Waals surface area contributed by atoms with Crippen molar-refractivity contribution in [2.24, 2.45) is 0 Å². The first-order valence-electron chi connectivity index (χ1n) is 9.55. The van der Waals surface area contributed by atoms with Gasteiger partial charge in [-0.3, -0.25) is 9.59 Å². The van der Waals surface area contributed by atoms with E-state index < -0.39 is 17.8 Å². The average Bonchev–Trinajstić information content (AvgIpc) is 3.15. The van der Waals surface area contributed by atoms with Crippen LogP contribution in [0.4, 0.5) is 10.1 Å². The van der Waals surface area contributed by atoms with Crippen molar-refractivity contribution in [2.45, 2.75) is 31.6 Å². The van der Waals surface area contributed by atoms with Gasteiger partial charge in [0.1, 0.15) is 5.82 Å². The first-order valence-corrected chi connectivity index (χ1v) is 10.9. The predicted octanol–water partition coefficient (Wildman–Crippen LogP) is 4.31. The number of rotatable bonds is 8. The van der Waals surface area contributed by atoms with Crippen molar-refractivity contribution in [1.29, 1.82) is 0 Å². The number of hydrogen-bond donors (Lipinski definition) is 2. The number of anilines is 1. The topological polar surface area (TPSA) is 88.9 Å². The predicted molar refractivity (Wildman–Crippen MR) is 119 cm³/mol. The van der Waals surface area contributed by atoms with Crippen LogP contribution in [0.2, 0.25) is 5.02 Å². The molecule has 0 radical (unpaired) electrons. The van der Waals surface area contributed by atoms with Crippen molar-refractivity contribution in [3.05, 3.63) is 70.8 Å². The molecule has 1 atom stereocenters. The summed E-state index contributed by atoms with van der Waals surface area (Å²) in [5.41, 5.74) is 0.574. The van der Waals surface area contributed by atoms with E-state index in [-0.39, 0.29) is 17.2 Å². The summed E-state index contributed by atoms with van der Waals surface area (Å²) in [6.07, 6.45) is 0. The van der Waals surface area contributed by atoms with E-state index >= 15 is 0 Å². The van der Waals surface area contributed by atoms with E-state index in [4.69, 9.17) is 11.6 Å². The van der Waals surface area contributed by atoms with E-state index in [1.807, 2.05) is 11.5 Å². The minimum absolute atomic E-state index is 0.0378. The van der Waals surface area contributed by atoms with E-state index in [2.05, 4.69) is 20.8 Å². The van der Waals surface area contributed by atoms with Crippen molar-refractivity contribution >= 4 is 40.9 Å². The van der Waals surface area contributed by atoms with Crippen LogP contribution in [-0.2, 0) is 11.3 Å². The molecule has 0 spiro atoms. The monoisotopic (exact) mass is 461 g/mol. The van der Waals surface area contributed by atoms with Crippen LogP contribution in [0, 0.1) is 5.82 Å². The summed E-state index contributed by atoms with van der Waals surface area (Å²) in [5, 5.41) is 14.9. The molecule has 2 amide bonds. The fraction of sp³-hybridized carbons (Fsp3) is 0.238. The number of amides is 2. The number of carbonyl (C=O) groups is 2. The van der Waals surface area contributed by atoms with Gasteiger partial charge in [0, 0.05) is 17.3 Å². The zero-order valence-corrected chi connectivity index (χ0v) is 18.5. The summed E-state index contributed by atoms with van der Waals surface area (Å²) in [7, 11) is 0. The second-order valence-electron chi connectivity index (χ2n) is 6.61. The van der Waals surface area contributed by atoms with Gasteiger partial charge >= 0.3 is 0 Å². The number of aromatic nitrogens is 3. The molecular weight excluding hydrogens is 441 g/mol. The van der Waals surface area contributed by atoms with E-state index in [1.165, 1.54) is 30.0 Å². The Morgan fingerprint density at radius 1 is 1.19 bits per heavy atom. The lowest BCUT2D eigenvalue weighted by molar-refractivity contribution is -0.113. The van der Waals surface area contributed by atoms with Gasteiger partial charge in [-0.15, -0.1) is 10.2 Å². The van der Waals surface area contributed by atoms with Crippen molar-refractivity contribution < 1.29 is 14.0 Å². The van der Waals surface area contributed by atoms with Crippen molar-refractivity contribution in [2.75, 3.05) is 11.1 Å². The summed E-state index contributed by atoms with van der Waals surface area (Å²) in [6.45, 7) is 4.20. The first kappa shape index (κ1) is 22.8. The van der Waals surface area contributed by atoms with Gasteiger partial charge in [-0.1, -0.05) is 41.6 Å². The molecule has 10 heteroatoms. The lowest BCUT2D eigenvalue weighted by atomic mass is 10.2. The maximum absolute atomic E-state index is 13.9. The molecule has 31 heavy (non-hydrogen) atoms. The number of halogens is 2. The normalized spacial score (nSPS) is 11.7. The molecule has 0 bridgehead atoms. The van der Waals surface area contributed by atoms with Crippen LogP contribution >= 0.6 is 23.4 Å². The standard InChI is InChI=1S/C21H21ClFN5O2S/c1-3-28-19(13(2)24-20(30)16-9-4-5-10-17(16)23)26-27-21(28)31-12-18(29)25-15-8-6-7-14(22)11-15/h4-11,13H,3,12H2,1-2H3,(H,24,30)(H,25,29). The van der Waals surface area contributed by atoms with Gasteiger partial charge in [-0.05, 0) is 44.2 Å². The highest BCUT2D eigenvalue weighted by molar-refractivity contribution is 7.99. The third-order valence-electron chi connectivity index (χ3n) is 4.36. The number of hydrogen-bond acceptors (Lipinski definition) is 5. The highest BCUT2D eigenvalue weighted by Crippen LogP contribution is 2.22. The van der Waals surface area contributed by atoms with Crippen LogP contribution in [-0.4, -0.2) is 32.3 Å². The Labute approximate surface area is 188 Å². The summed E-state index contributed by atoms with van der Waals surface area (Å²) in [6, 6.07) is 12.2. The molecule has 2 N–H and O–H groups in total. The molecule has 0 aliphatic heterocycles. The van der Waals surface area contributed by atoms with Crippen LogP contribution in [0.25, 0.3) is 0 Å². The minimum atomic E-state index is -0.592. The Morgan fingerprint density at radius 2 is 1.97 bits per heavy atom. The van der Waals surface area contributed by atoms with E-state index in [0.717, 1.165) is 0 Å². The molecular formula is C21H21ClFN5O2S. The summed E-state index contributed by atoms with van der Waals surface area (Å²) >= 11 is 7.16. The first-order chi connectivity index (χ1) is 14.9. The van der Waals surface area contributed by atoms with Crippen LogP contribution < -0.4 is 10.6 Å². The molecule has 0 saturated carbocycles. The van der Waals surface area contributed by atoms with Crippen molar-refractivity contribution in [3.63, 3.8) is 0 Å². The summed E-state index contributed by atoms with van der Waals surface area (Å²) < 4.78 is 15.7. The molecule has 1 unspecified atom stereocenters. The number of nitrogens with one attached hydrogen (secondary N) is 2. The van der Waals surface area contributed by atoms with Gasteiger partial charge in [-0.2, -0.15) is 0 Å². The Morgan fingerprint density at radius 3 is 2.68 bits per heavy atom. The Balaban J connectivity index is 1.63. The third-order valence-corrected chi connectivity index (χ3v) is 5.56. The molecule has 3 aromatic rings. The second-order valence-corrected chi connectivity index (χ2v) is 7.99. The van der Waals surface area contributed by atoms with Gasteiger partial charge < -0.3 is 15.2 Å². The minimum Gasteiger partial charge on any atom is -0.342 e. The fourth-order valence-corrected chi connectivity index (χ4v) is 3.90. The molecule has 162 valence electrons. The third kappa shape index (κ3) is 5.83. The van der Waals surface area contributed by atoms with Gasteiger partial charge in [0.2, 0.25) is 5.91 Å². The lowest BCUT2D eigenvalue weighted by Gasteiger charge is -2.15. The molecule has 1 heterocycles. The smallest absolute Gasteiger partial charge is 0.254 e. The van der Waals surface area contributed by atoms with Crippen molar-refractivity contribution in [3.8, 4) is 0 Å². The molecule has 0 aliphatic carbocycles. The van der Waals surface area contributed by atoms with Gasteiger partial charge in [0.05, 0.1) is 17.4 Å². The quantitative estimate of drug-likeness (QED) is 0.488. The van der Waals surface area contributed by atoms with Crippen LogP contribution in [0.15, 0.2) is 53.7 Å². The summed E-state index contributed by atoms with van der Waals surface area (Å²) in [5.74, 6) is -0.691. The van der Waals surface area contributed by atoms with E-state index in [0.29, 0.717) is 28.2 Å². The molecule has 3 rings (SSSR count). The van der Waals surface area contributed by atoms with E-state index in [9.17, 15) is 14.0 Å². The fourth-order valence-electron chi connectivity index (χ4n) is 2.90. The molecule has 0 saturated heterocycles. The largest absolute Gasteiger partial charge is 0.342 e. The molecule has 7 nitrogen and oxygen atoms in total. The number of nitrogens with zero attached hydrogens (tertiary/aromatic N) is 3. The summed E-state index contributed by atoms with van der Waals surface area (Å²) in [4.78, 5) is 24.6. The van der Waals surface area contributed by atoms with Crippen LogP contribution in [0.5, 0.6) is 0 Å². The molecule has 0 aliphatic rings. The molecule has 1 aromatic heterocycles. The SMILES string of the molecule is CCn1c(SCC(=O)Nc2cccc(Cl)c2)nnc1C(C)NC(=O)c1ccccc1F. The lowest BCUT2D eigenvalue weighted by Crippen LogP contribution is -2.29. The van der Waals surface area contributed by atoms with Crippen LogP contribution in [0.1, 0.15) is 36.1 Å². The molecule has 2 aromatic carbocycles. The van der Waals surface area contributed by atoms with Crippen LogP contribution in [0.3, 0.4) is 0 Å².